The van der Waals surface area contributed by atoms with Crippen LogP contribution in [0.4, 0.5) is 22.5 Å². The van der Waals surface area contributed by atoms with Crippen LogP contribution in [-0.2, 0) is 31.1 Å². The van der Waals surface area contributed by atoms with Gasteiger partial charge in [0.25, 0.3) is 11.8 Å². The number of hydrogen-bond donors (Lipinski definition) is 6. The van der Waals surface area contributed by atoms with Crippen LogP contribution in [0.15, 0.2) is 27.0 Å². The SMILES string of the molecule is C[C@@H](O/N=C(\C(=O)NC1C(=O)N2C(C(=O)[O-])=C(CSc3nc(N)c(N)c(N)[n+]3C)CS[C@H]12)c1csc(N)n1)C(=O)O. The van der Waals surface area contributed by atoms with Crippen LogP contribution in [0.25, 0.3) is 0 Å². The van der Waals surface area contributed by atoms with Gasteiger partial charge in [-0.1, -0.05) is 10.1 Å². The number of fused-ring (bicyclic) bond motifs is 1. The zero-order valence-electron chi connectivity index (χ0n) is 21.4. The van der Waals surface area contributed by atoms with E-state index in [9.17, 15) is 24.3 Å². The normalized spacial score (nSPS) is 19.3. The number of amides is 2. The lowest BCUT2D eigenvalue weighted by molar-refractivity contribution is -0.698. The first-order valence-electron chi connectivity index (χ1n) is 11.5. The summed E-state index contributed by atoms with van der Waals surface area (Å²) in [6, 6.07) is -1.12. The quantitative estimate of drug-likeness (QED) is 0.0385. The lowest BCUT2D eigenvalue weighted by Gasteiger charge is -2.50. The second-order valence-electron chi connectivity index (χ2n) is 8.62. The van der Waals surface area contributed by atoms with Crippen LogP contribution in [-0.4, -0.2) is 78.5 Å². The molecule has 2 aliphatic heterocycles. The highest BCUT2D eigenvalue weighted by Crippen LogP contribution is 2.41. The summed E-state index contributed by atoms with van der Waals surface area (Å²) in [5.74, 6) is -3.94. The molecule has 1 fully saturated rings. The minimum atomic E-state index is -1.56. The number of carboxylic acids is 2. The van der Waals surface area contributed by atoms with E-state index in [2.05, 4.69) is 20.4 Å². The van der Waals surface area contributed by atoms with E-state index in [1.165, 1.54) is 28.6 Å². The van der Waals surface area contributed by atoms with Crippen LogP contribution >= 0.6 is 34.9 Å². The molecule has 20 heteroatoms. The first-order valence-corrected chi connectivity index (χ1v) is 14.4. The highest BCUT2D eigenvalue weighted by atomic mass is 32.2. The third-order valence-corrected chi connectivity index (χ3v) is 9.08. The third kappa shape index (κ3) is 5.79. The van der Waals surface area contributed by atoms with Gasteiger partial charge in [-0.25, -0.2) is 14.3 Å². The van der Waals surface area contributed by atoms with Crippen molar-refractivity contribution in [1.82, 2.24) is 20.2 Å². The topological polar surface area (TPSA) is 282 Å². The highest BCUT2D eigenvalue weighted by Gasteiger charge is 2.53. The number of nitrogens with two attached hydrogens (primary N) is 4. The molecule has 0 aliphatic carbocycles. The average Bonchev–Trinajstić information content (AvgIpc) is 3.36. The molecule has 2 amide bonds. The number of thioether (sulfide) groups is 2. The molecule has 4 rings (SSSR count). The van der Waals surface area contributed by atoms with E-state index in [1.807, 2.05) is 0 Å². The molecule has 0 aromatic carbocycles. The van der Waals surface area contributed by atoms with Gasteiger partial charge in [0, 0.05) is 16.9 Å². The summed E-state index contributed by atoms with van der Waals surface area (Å²) >= 11 is 3.38. The number of aromatic nitrogens is 3. The van der Waals surface area contributed by atoms with Crippen LogP contribution in [0.3, 0.4) is 0 Å². The van der Waals surface area contributed by atoms with Crippen LogP contribution in [0.1, 0.15) is 12.6 Å². The number of nitrogens with one attached hydrogen (secondary N) is 1. The first kappa shape index (κ1) is 29.7. The number of carboxylic acid groups (broad SMARTS) is 2. The number of thiazole rings is 1. The van der Waals surface area contributed by atoms with Crippen molar-refractivity contribution in [2.75, 3.05) is 34.4 Å². The van der Waals surface area contributed by atoms with Crippen molar-refractivity contribution in [2.45, 2.75) is 29.6 Å². The summed E-state index contributed by atoms with van der Waals surface area (Å²) in [5, 5.41) is 28.4. The first-order chi connectivity index (χ1) is 19.3. The number of nitrogens with zero attached hydrogens (tertiary/aromatic N) is 5. The molecule has 41 heavy (non-hydrogen) atoms. The van der Waals surface area contributed by atoms with Crippen LogP contribution in [0.5, 0.6) is 0 Å². The number of rotatable bonds is 10. The third-order valence-electron chi connectivity index (χ3n) is 5.95. The lowest BCUT2D eigenvalue weighted by atomic mass is 10.0. The molecular formula is C21H24N10O7S3. The van der Waals surface area contributed by atoms with Gasteiger partial charge >= 0.3 is 11.1 Å². The van der Waals surface area contributed by atoms with Crippen molar-refractivity contribution in [2.24, 2.45) is 12.2 Å². The standard InChI is InChI=1S/C21H24N10O7S3/c1-6(18(34)35)38-29-10(8-5-40-20(25)26-8)15(32)27-11-16(33)31-12(19(36)37)7(3-39-17(11)31)4-41-21-28-13(23)9(22)14(24)30(21)2/h5-6,11,17H,3-4H2,1-2H3,(H10,22,23,24,25,26,27,29,32,34,35,36,37)/t6-,11?,17-/m1/s1. The Morgan fingerprint density at radius 1 is 1.34 bits per heavy atom. The van der Waals surface area contributed by atoms with Gasteiger partial charge in [0.2, 0.25) is 17.7 Å². The molecule has 1 saturated heterocycles. The van der Waals surface area contributed by atoms with Gasteiger partial charge in [0.15, 0.2) is 16.5 Å². The van der Waals surface area contributed by atoms with Gasteiger partial charge in [-0.3, -0.25) is 14.5 Å². The monoisotopic (exact) mass is 624 g/mol. The summed E-state index contributed by atoms with van der Waals surface area (Å²) in [6.45, 7) is 1.21. The van der Waals surface area contributed by atoms with Gasteiger partial charge in [0.1, 0.15) is 17.1 Å². The molecule has 0 saturated carbocycles. The van der Waals surface area contributed by atoms with E-state index in [4.69, 9.17) is 32.9 Å². The van der Waals surface area contributed by atoms with Crippen molar-refractivity contribution in [3.8, 4) is 0 Å². The number of β-lactam (4-membered cyclic amide) rings is 1. The summed E-state index contributed by atoms with van der Waals surface area (Å²) in [6.07, 6.45) is -1.38. The molecule has 218 valence electrons. The molecule has 0 bridgehead atoms. The maximum absolute atomic E-state index is 13.1. The molecule has 2 aliphatic rings. The predicted molar refractivity (Wildman–Crippen MR) is 148 cm³/mol. The molecule has 0 spiro atoms. The van der Waals surface area contributed by atoms with E-state index in [1.54, 1.807) is 7.05 Å². The fourth-order valence-electron chi connectivity index (χ4n) is 3.70. The summed E-state index contributed by atoms with van der Waals surface area (Å²) in [7, 11) is 1.62. The fourth-order valence-corrected chi connectivity index (χ4v) is 6.72. The fraction of sp³-hybridized carbons (Fsp3) is 0.333. The smallest absolute Gasteiger partial charge is 0.347 e. The molecule has 1 unspecified atom stereocenters. The largest absolute Gasteiger partial charge is 0.543 e. The second kappa shape index (κ2) is 11.7. The number of hydrogen-bond acceptors (Lipinski definition) is 16. The minimum absolute atomic E-state index is 0.00265. The summed E-state index contributed by atoms with van der Waals surface area (Å²) in [5.41, 5.74) is 23.0. The van der Waals surface area contributed by atoms with E-state index in [-0.39, 0.29) is 45.4 Å². The van der Waals surface area contributed by atoms with Gasteiger partial charge in [-0.05, 0) is 24.3 Å². The molecule has 17 nitrogen and oxygen atoms in total. The highest BCUT2D eigenvalue weighted by molar-refractivity contribution is 8.01. The molecule has 10 N–H and O–H groups in total. The Kier molecular flexibility index (Phi) is 8.44. The van der Waals surface area contributed by atoms with Crippen LogP contribution in [0, 0.1) is 0 Å². The molecule has 0 radical (unpaired) electrons. The van der Waals surface area contributed by atoms with Gasteiger partial charge in [0.05, 0.1) is 18.7 Å². The molecule has 4 heterocycles. The van der Waals surface area contributed by atoms with E-state index < -0.39 is 47.0 Å². The Bertz CT molecular complexity index is 1510. The van der Waals surface area contributed by atoms with Gasteiger partial charge in [-0.15, -0.1) is 23.1 Å². The van der Waals surface area contributed by atoms with E-state index in [0.717, 1.165) is 28.0 Å². The van der Waals surface area contributed by atoms with Crippen LogP contribution < -0.4 is 37.9 Å². The maximum Gasteiger partial charge on any atom is 0.347 e. The van der Waals surface area contributed by atoms with Crippen molar-refractivity contribution in [3.63, 3.8) is 0 Å². The van der Waals surface area contributed by atoms with E-state index in [0.29, 0.717) is 10.7 Å². The zero-order valence-corrected chi connectivity index (χ0v) is 23.8. The van der Waals surface area contributed by atoms with Crippen molar-refractivity contribution >= 4 is 86.8 Å². The molecule has 2 aromatic heterocycles. The molecule has 2 aromatic rings. The Morgan fingerprint density at radius 2 is 2.05 bits per heavy atom. The van der Waals surface area contributed by atoms with E-state index >= 15 is 0 Å². The Labute approximate surface area is 244 Å². The molecule has 3 atom stereocenters. The number of carbonyl (C=O) groups excluding carboxylic acids is 3. The second-order valence-corrected chi connectivity index (χ2v) is 11.6. The van der Waals surface area contributed by atoms with Gasteiger partial charge < -0.3 is 48.1 Å². The lowest BCUT2D eigenvalue weighted by Crippen LogP contribution is -2.71. The minimum Gasteiger partial charge on any atom is -0.543 e. The number of anilines is 4. The predicted octanol–water partition coefficient (Wildman–Crippen LogP) is -2.92. The van der Waals surface area contributed by atoms with Crippen molar-refractivity contribution < 1.29 is 38.8 Å². The summed E-state index contributed by atoms with van der Waals surface area (Å²) < 4.78 is 1.50. The Balaban J connectivity index is 1.52. The summed E-state index contributed by atoms with van der Waals surface area (Å²) in [4.78, 5) is 63.5. The Morgan fingerprint density at radius 3 is 2.66 bits per heavy atom. The van der Waals surface area contributed by atoms with Crippen molar-refractivity contribution in [1.29, 1.82) is 0 Å². The Hall–Kier alpha value is -4.30. The van der Waals surface area contributed by atoms with Crippen molar-refractivity contribution in [3.05, 3.63) is 22.3 Å². The number of carbonyl (C=O) groups is 4. The average molecular weight is 625 g/mol. The maximum atomic E-state index is 13.1. The van der Waals surface area contributed by atoms with Crippen LogP contribution in [0.2, 0.25) is 0 Å². The zero-order chi connectivity index (χ0) is 30.2. The molecular weight excluding hydrogens is 600 g/mol. The number of oxime groups is 1. The van der Waals surface area contributed by atoms with Gasteiger partial charge in [-0.2, -0.15) is 0 Å². The number of aliphatic carboxylic acids is 2. The number of nitrogen functional groups attached to an aromatic ring is 4.